The van der Waals surface area contributed by atoms with Gasteiger partial charge in [-0.1, -0.05) is 20.8 Å². The van der Waals surface area contributed by atoms with Crippen molar-refractivity contribution in [3.05, 3.63) is 0 Å². The zero-order valence-corrected chi connectivity index (χ0v) is 10.4. The Morgan fingerprint density at radius 2 is 2.07 bits per heavy atom. The molecular weight excluding hydrogens is 188 g/mol. The first kappa shape index (κ1) is 12.9. The van der Waals surface area contributed by atoms with E-state index in [1.807, 2.05) is 0 Å². The first-order valence-corrected chi connectivity index (χ1v) is 6.16. The van der Waals surface area contributed by atoms with Crippen LogP contribution in [0, 0.1) is 11.8 Å². The predicted octanol–water partition coefficient (Wildman–Crippen LogP) is 1.06. The fourth-order valence-corrected chi connectivity index (χ4v) is 2.19. The van der Waals surface area contributed by atoms with Crippen LogP contribution in [0.4, 0.5) is 0 Å². The van der Waals surface area contributed by atoms with Crippen LogP contribution in [0.25, 0.3) is 0 Å². The number of aliphatic hydroxyl groups is 1. The van der Waals surface area contributed by atoms with Crippen molar-refractivity contribution in [1.82, 2.24) is 4.90 Å². The monoisotopic (exact) mass is 214 g/mol. The maximum atomic E-state index is 10.4. The number of rotatable bonds is 7. The van der Waals surface area contributed by atoms with E-state index in [-0.39, 0.29) is 0 Å². The topological polar surface area (TPSA) is 49.5 Å². The zero-order valence-electron chi connectivity index (χ0n) is 10.4. The van der Waals surface area contributed by atoms with Crippen LogP contribution in [0.1, 0.15) is 33.6 Å². The summed E-state index contributed by atoms with van der Waals surface area (Å²) in [6.07, 6.45) is 2.29. The second-order valence-electron chi connectivity index (χ2n) is 5.30. The van der Waals surface area contributed by atoms with Gasteiger partial charge in [0.05, 0.1) is 5.60 Å². The Hall–Kier alpha value is -0.120. The molecule has 90 valence electrons. The van der Waals surface area contributed by atoms with Gasteiger partial charge in [-0.15, -0.1) is 0 Å². The van der Waals surface area contributed by atoms with Crippen molar-refractivity contribution in [2.45, 2.75) is 39.2 Å². The van der Waals surface area contributed by atoms with Gasteiger partial charge in [0, 0.05) is 19.6 Å². The van der Waals surface area contributed by atoms with Crippen molar-refractivity contribution >= 4 is 0 Å². The minimum atomic E-state index is -0.634. The molecule has 3 N–H and O–H groups in total. The molecule has 0 spiro atoms. The largest absolute Gasteiger partial charge is 0.387 e. The van der Waals surface area contributed by atoms with E-state index in [0.717, 1.165) is 32.5 Å². The van der Waals surface area contributed by atoms with E-state index in [1.165, 1.54) is 0 Å². The highest BCUT2D eigenvalue weighted by Gasteiger charge is 2.43. The van der Waals surface area contributed by atoms with Gasteiger partial charge >= 0.3 is 0 Å². The first-order chi connectivity index (χ1) is 7.01. The van der Waals surface area contributed by atoms with E-state index >= 15 is 0 Å². The number of nitrogens with zero attached hydrogens (tertiary/aromatic N) is 1. The maximum Gasteiger partial charge on any atom is 0.0923 e. The van der Waals surface area contributed by atoms with E-state index in [1.54, 1.807) is 0 Å². The Balaban J connectivity index is 2.47. The van der Waals surface area contributed by atoms with Gasteiger partial charge in [0.2, 0.25) is 0 Å². The average Bonchev–Trinajstić information content (AvgIpc) is 2.99. The molecule has 3 heteroatoms. The van der Waals surface area contributed by atoms with Crippen LogP contribution in [0.3, 0.4) is 0 Å². The van der Waals surface area contributed by atoms with E-state index in [0.29, 0.717) is 18.4 Å². The summed E-state index contributed by atoms with van der Waals surface area (Å²) < 4.78 is 0. The molecule has 0 radical (unpaired) electrons. The molecule has 0 heterocycles. The van der Waals surface area contributed by atoms with Crippen LogP contribution in [-0.4, -0.2) is 41.8 Å². The lowest BCUT2D eigenvalue weighted by Gasteiger charge is -2.34. The van der Waals surface area contributed by atoms with E-state index in [9.17, 15) is 5.11 Å². The van der Waals surface area contributed by atoms with Crippen molar-refractivity contribution in [2.75, 3.05) is 26.2 Å². The summed E-state index contributed by atoms with van der Waals surface area (Å²) in [5.41, 5.74) is 5.07. The van der Waals surface area contributed by atoms with Gasteiger partial charge < -0.3 is 15.7 Å². The molecule has 1 fully saturated rings. The highest BCUT2D eigenvalue weighted by molar-refractivity contribution is 4.97. The number of nitrogens with two attached hydrogens (primary N) is 1. The third-order valence-electron chi connectivity index (χ3n) is 3.26. The van der Waals surface area contributed by atoms with Gasteiger partial charge in [-0.25, -0.2) is 0 Å². The van der Waals surface area contributed by atoms with Crippen LogP contribution in [0.5, 0.6) is 0 Å². The molecule has 0 aromatic rings. The molecule has 1 rings (SSSR count). The molecule has 0 aliphatic heterocycles. The molecule has 3 nitrogen and oxygen atoms in total. The smallest absolute Gasteiger partial charge is 0.0923 e. The molecule has 0 saturated heterocycles. The van der Waals surface area contributed by atoms with Crippen molar-refractivity contribution in [3.63, 3.8) is 0 Å². The average molecular weight is 214 g/mol. The summed E-state index contributed by atoms with van der Waals surface area (Å²) >= 11 is 0. The van der Waals surface area contributed by atoms with Crippen molar-refractivity contribution < 1.29 is 5.11 Å². The summed E-state index contributed by atoms with van der Waals surface area (Å²) in [5, 5.41) is 10.4. The minimum Gasteiger partial charge on any atom is -0.387 e. The molecule has 15 heavy (non-hydrogen) atoms. The van der Waals surface area contributed by atoms with Crippen LogP contribution in [-0.2, 0) is 0 Å². The molecule has 0 amide bonds. The van der Waals surface area contributed by atoms with Gasteiger partial charge in [-0.3, -0.25) is 0 Å². The zero-order chi connectivity index (χ0) is 11.5. The summed E-state index contributed by atoms with van der Waals surface area (Å²) in [6.45, 7) is 9.74. The normalized spacial score (nSPS) is 21.0. The van der Waals surface area contributed by atoms with Crippen LogP contribution in [0.15, 0.2) is 0 Å². The van der Waals surface area contributed by atoms with Gasteiger partial charge in [0.15, 0.2) is 0 Å². The van der Waals surface area contributed by atoms with Gasteiger partial charge in [0.1, 0.15) is 0 Å². The first-order valence-electron chi connectivity index (χ1n) is 6.16. The molecule has 0 bridgehead atoms. The third kappa shape index (κ3) is 3.74. The minimum absolute atomic E-state index is 0.395. The molecule has 1 unspecified atom stereocenters. The Kier molecular flexibility index (Phi) is 4.56. The molecule has 1 aliphatic carbocycles. The predicted molar refractivity (Wildman–Crippen MR) is 63.7 cm³/mol. The molecule has 0 aromatic carbocycles. The molecular formula is C12H26N2O. The van der Waals surface area contributed by atoms with Crippen LogP contribution < -0.4 is 5.73 Å². The Morgan fingerprint density at radius 1 is 1.47 bits per heavy atom. The highest BCUT2D eigenvalue weighted by atomic mass is 16.3. The summed E-state index contributed by atoms with van der Waals surface area (Å²) in [7, 11) is 0. The van der Waals surface area contributed by atoms with E-state index in [2.05, 4.69) is 25.7 Å². The lowest BCUT2D eigenvalue weighted by molar-refractivity contribution is -0.00948. The van der Waals surface area contributed by atoms with Gasteiger partial charge in [-0.05, 0) is 31.2 Å². The van der Waals surface area contributed by atoms with Crippen molar-refractivity contribution in [3.8, 4) is 0 Å². The second-order valence-corrected chi connectivity index (χ2v) is 5.30. The van der Waals surface area contributed by atoms with Crippen LogP contribution in [0.2, 0.25) is 0 Å². The Labute approximate surface area is 93.6 Å². The number of hydrogen-bond acceptors (Lipinski definition) is 3. The molecule has 1 aliphatic rings. The molecule has 1 saturated carbocycles. The molecule has 0 aromatic heterocycles. The van der Waals surface area contributed by atoms with Crippen molar-refractivity contribution in [2.24, 2.45) is 17.6 Å². The Bertz CT molecular complexity index is 192. The maximum absolute atomic E-state index is 10.4. The van der Waals surface area contributed by atoms with E-state index < -0.39 is 5.60 Å². The number of likely N-dealkylation sites (N-methyl/N-ethyl adjacent to an activating group) is 1. The molecule has 1 atom stereocenters. The lowest BCUT2D eigenvalue weighted by atomic mass is 9.97. The quantitative estimate of drug-likeness (QED) is 0.666. The summed E-state index contributed by atoms with van der Waals surface area (Å²) in [5.74, 6) is 1.09. The fourth-order valence-electron chi connectivity index (χ4n) is 2.19. The highest BCUT2D eigenvalue weighted by Crippen LogP contribution is 2.39. The summed E-state index contributed by atoms with van der Waals surface area (Å²) in [4.78, 5) is 2.32. The number of hydrogen-bond donors (Lipinski definition) is 2. The van der Waals surface area contributed by atoms with Crippen LogP contribution >= 0.6 is 0 Å². The fraction of sp³-hybridized carbons (Fsp3) is 1.00. The van der Waals surface area contributed by atoms with Gasteiger partial charge in [0.25, 0.3) is 0 Å². The lowest BCUT2D eigenvalue weighted by Crippen LogP contribution is -2.50. The van der Waals surface area contributed by atoms with Crippen molar-refractivity contribution in [1.29, 1.82) is 0 Å². The second kappa shape index (κ2) is 5.28. The van der Waals surface area contributed by atoms with E-state index in [4.69, 9.17) is 5.73 Å². The van der Waals surface area contributed by atoms with Gasteiger partial charge in [-0.2, -0.15) is 0 Å². The SMILES string of the molecule is CCN(CC(C)C)CC(O)(CN)C1CC1. The summed E-state index contributed by atoms with van der Waals surface area (Å²) in [6, 6.07) is 0. The Morgan fingerprint density at radius 3 is 2.40 bits per heavy atom. The third-order valence-corrected chi connectivity index (χ3v) is 3.26. The standard InChI is InChI=1S/C12H26N2O/c1-4-14(7-10(2)3)9-12(15,8-13)11-5-6-11/h10-11,15H,4-9,13H2,1-3H3.